The fraction of sp³-hybridized carbons (Fsp3) is 0.500. The van der Waals surface area contributed by atoms with Gasteiger partial charge in [-0.25, -0.2) is 0 Å². The third kappa shape index (κ3) is 1.81. The molecule has 1 heterocycles. The van der Waals surface area contributed by atoms with Gasteiger partial charge in [0.15, 0.2) is 17.5 Å². The zero-order valence-electron chi connectivity index (χ0n) is 10.1. The fourth-order valence-electron chi connectivity index (χ4n) is 2.10. The van der Waals surface area contributed by atoms with Gasteiger partial charge in [-0.3, -0.25) is 9.59 Å². The lowest BCUT2D eigenvalue weighted by atomic mass is 9.80. The monoisotopic (exact) mass is 237 g/mol. The minimum absolute atomic E-state index is 0.00339. The van der Waals surface area contributed by atoms with E-state index in [1.165, 1.54) is 20.3 Å². The molecule has 0 aromatic carbocycles. The van der Waals surface area contributed by atoms with Gasteiger partial charge in [-0.05, 0) is 0 Å². The molecule has 0 amide bonds. The van der Waals surface area contributed by atoms with Crippen LogP contribution < -0.4 is 5.43 Å². The topological polar surface area (TPSA) is 57.5 Å². The molecule has 0 spiro atoms. The van der Waals surface area contributed by atoms with E-state index in [1.54, 1.807) is 17.7 Å². The molecular formula is C12H15NO4. The lowest BCUT2D eigenvalue weighted by Gasteiger charge is -2.29. The molecule has 1 unspecified atom stereocenters. The molecule has 1 aliphatic rings. The van der Waals surface area contributed by atoms with Crippen LogP contribution in [0.5, 0.6) is 0 Å². The molecule has 1 atom stereocenters. The Bertz CT molecular complexity index is 502. The summed E-state index contributed by atoms with van der Waals surface area (Å²) in [6.07, 6.45) is 1.18. The van der Waals surface area contributed by atoms with Crippen LogP contribution in [0.3, 0.4) is 0 Å². The number of rotatable bonds is 4. The predicted octanol–water partition coefficient (Wildman–Crippen LogP) is 0.767. The number of hydrogen-bond donors (Lipinski definition) is 0. The van der Waals surface area contributed by atoms with Crippen molar-refractivity contribution in [3.63, 3.8) is 0 Å². The van der Waals surface area contributed by atoms with Gasteiger partial charge < -0.3 is 14.0 Å². The molecule has 1 aromatic rings. The Morgan fingerprint density at radius 3 is 2.59 bits per heavy atom. The molecule has 2 rings (SSSR count). The summed E-state index contributed by atoms with van der Waals surface area (Å²) in [4.78, 5) is 23.3. The molecule has 0 radical (unpaired) electrons. The minimum atomic E-state index is -0.426. The van der Waals surface area contributed by atoms with Crippen molar-refractivity contribution in [3.05, 3.63) is 33.7 Å². The van der Waals surface area contributed by atoms with Gasteiger partial charge in [-0.1, -0.05) is 6.92 Å². The number of nitrogens with zero attached hydrogens (tertiary/aromatic N) is 1. The molecule has 5 heteroatoms. The second kappa shape index (κ2) is 4.43. The van der Waals surface area contributed by atoms with E-state index in [0.717, 1.165) is 0 Å². The average molecular weight is 237 g/mol. The zero-order chi connectivity index (χ0) is 12.6. The highest BCUT2D eigenvalue weighted by molar-refractivity contribution is 6.08. The summed E-state index contributed by atoms with van der Waals surface area (Å²) in [5.74, 6) is -0.280. The number of aromatic nitrogens is 1. The Morgan fingerprint density at radius 2 is 2.00 bits per heavy atom. The highest BCUT2D eigenvalue weighted by atomic mass is 16.7. The molecule has 92 valence electrons. The quantitative estimate of drug-likeness (QED) is 0.726. The van der Waals surface area contributed by atoms with Crippen LogP contribution in [-0.4, -0.2) is 30.9 Å². The van der Waals surface area contributed by atoms with Crippen LogP contribution in [0, 0.1) is 0 Å². The largest absolute Gasteiger partial charge is 0.354 e. The summed E-state index contributed by atoms with van der Waals surface area (Å²) in [5, 5.41) is 0. The predicted molar refractivity (Wildman–Crippen MR) is 61.3 cm³/mol. The molecule has 17 heavy (non-hydrogen) atoms. The lowest BCUT2D eigenvalue weighted by Crippen LogP contribution is -2.38. The number of carbonyl (C=O) groups excluding carboxylic acids is 1. The average Bonchev–Trinajstić information content (AvgIpc) is 2.35. The summed E-state index contributed by atoms with van der Waals surface area (Å²) in [6.45, 7) is 2.15. The van der Waals surface area contributed by atoms with Crippen molar-refractivity contribution in [3.8, 4) is 0 Å². The third-order valence-corrected chi connectivity index (χ3v) is 3.14. The maximum Gasteiger partial charge on any atom is 0.187 e. The molecule has 0 saturated heterocycles. The third-order valence-electron chi connectivity index (χ3n) is 3.14. The summed E-state index contributed by atoms with van der Waals surface area (Å²) in [7, 11) is 3.07. The van der Waals surface area contributed by atoms with E-state index in [4.69, 9.17) is 9.47 Å². The zero-order valence-corrected chi connectivity index (χ0v) is 10.1. The van der Waals surface area contributed by atoms with Crippen molar-refractivity contribution in [2.75, 3.05) is 14.2 Å². The second-order valence-electron chi connectivity index (χ2n) is 4.08. The highest BCUT2D eigenvalue weighted by Gasteiger charge is 2.37. The fourth-order valence-corrected chi connectivity index (χ4v) is 2.10. The van der Waals surface area contributed by atoms with Crippen molar-refractivity contribution in [2.24, 2.45) is 0 Å². The second-order valence-corrected chi connectivity index (χ2v) is 4.08. The number of carbonyl (C=O) groups is 1. The Labute approximate surface area is 99.0 Å². The van der Waals surface area contributed by atoms with E-state index in [2.05, 4.69) is 0 Å². The van der Waals surface area contributed by atoms with Crippen molar-refractivity contribution in [2.45, 2.75) is 25.7 Å². The first kappa shape index (κ1) is 12.0. The first-order valence-corrected chi connectivity index (χ1v) is 5.43. The van der Waals surface area contributed by atoms with E-state index < -0.39 is 6.29 Å². The molecule has 0 N–H and O–H groups in total. The van der Waals surface area contributed by atoms with Gasteiger partial charge in [0.2, 0.25) is 0 Å². The molecule has 0 aliphatic heterocycles. The SMILES string of the molecule is COC(Cn1ccc(=O)c2c1C(=O)C2C)OC. The Hall–Kier alpha value is -1.46. The lowest BCUT2D eigenvalue weighted by molar-refractivity contribution is -0.111. The van der Waals surface area contributed by atoms with Crippen molar-refractivity contribution in [1.82, 2.24) is 4.57 Å². The smallest absolute Gasteiger partial charge is 0.187 e. The highest BCUT2D eigenvalue weighted by Crippen LogP contribution is 2.31. The first-order chi connectivity index (χ1) is 8.10. The molecule has 0 saturated carbocycles. The van der Waals surface area contributed by atoms with Gasteiger partial charge in [0.1, 0.15) is 0 Å². The summed E-state index contributed by atoms with van der Waals surface area (Å²) in [6, 6.07) is 1.48. The van der Waals surface area contributed by atoms with Gasteiger partial charge in [-0.15, -0.1) is 0 Å². The van der Waals surface area contributed by atoms with Crippen LogP contribution in [0.4, 0.5) is 0 Å². The summed E-state index contributed by atoms with van der Waals surface area (Å²) in [5.41, 5.74) is 1.02. The normalized spacial score (nSPS) is 18.1. The molecular weight excluding hydrogens is 222 g/mol. The number of methoxy groups -OCH3 is 2. The molecule has 5 nitrogen and oxygen atoms in total. The minimum Gasteiger partial charge on any atom is -0.354 e. The van der Waals surface area contributed by atoms with Gasteiger partial charge in [0, 0.05) is 32.0 Å². The van der Waals surface area contributed by atoms with E-state index in [-0.39, 0.29) is 17.1 Å². The molecule has 1 aromatic heterocycles. The standard InChI is InChI=1S/C12H15NO4/c1-7-10-8(14)4-5-13(11(10)12(7)15)6-9(16-2)17-3/h4-5,7,9H,6H2,1-3H3. The Morgan fingerprint density at radius 1 is 1.35 bits per heavy atom. The van der Waals surface area contributed by atoms with E-state index in [0.29, 0.717) is 17.8 Å². The Balaban J connectivity index is 2.38. The number of Topliss-reactive ketones (excluding diaryl/α,β-unsaturated/α-hetero) is 1. The number of hydrogen-bond acceptors (Lipinski definition) is 4. The summed E-state index contributed by atoms with van der Waals surface area (Å²) >= 11 is 0. The van der Waals surface area contributed by atoms with Gasteiger partial charge in [0.25, 0.3) is 0 Å². The number of ketones is 1. The number of pyridine rings is 1. The van der Waals surface area contributed by atoms with Gasteiger partial charge in [-0.2, -0.15) is 0 Å². The van der Waals surface area contributed by atoms with Crippen molar-refractivity contribution < 1.29 is 14.3 Å². The van der Waals surface area contributed by atoms with Crippen LogP contribution in [0.25, 0.3) is 0 Å². The van der Waals surface area contributed by atoms with Gasteiger partial charge >= 0.3 is 0 Å². The molecule has 1 aliphatic carbocycles. The number of fused-ring (bicyclic) bond motifs is 1. The summed E-state index contributed by atoms with van der Waals surface area (Å²) < 4.78 is 11.9. The van der Waals surface area contributed by atoms with Crippen LogP contribution >= 0.6 is 0 Å². The van der Waals surface area contributed by atoms with Crippen LogP contribution in [-0.2, 0) is 16.0 Å². The van der Waals surface area contributed by atoms with Crippen molar-refractivity contribution in [1.29, 1.82) is 0 Å². The van der Waals surface area contributed by atoms with Crippen molar-refractivity contribution >= 4 is 5.78 Å². The molecule has 0 bridgehead atoms. The Kier molecular flexibility index (Phi) is 3.13. The van der Waals surface area contributed by atoms with Crippen LogP contribution in [0.2, 0.25) is 0 Å². The van der Waals surface area contributed by atoms with Crippen LogP contribution in [0.1, 0.15) is 28.9 Å². The number of ether oxygens (including phenoxy) is 2. The van der Waals surface area contributed by atoms with E-state index in [9.17, 15) is 9.59 Å². The maximum absolute atomic E-state index is 11.7. The van der Waals surface area contributed by atoms with Crippen LogP contribution in [0.15, 0.2) is 17.1 Å². The van der Waals surface area contributed by atoms with E-state index >= 15 is 0 Å². The maximum atomic E-state index is 11.7. The van der Waals surface area contributed by atoms with E-state index in [1.807, 2.05) is 0 Å². The first-order valence-electron chi connectivity index (χ1n) is 5.43. The van der Waals surface area contributed by atoms with Gasteiger partial charge in [0.05, 0.1) is 18.2 Å². The molecule has 0 fully saturated rings.